The van der Waals surface area contributed by atoms with Gasteiger partial charge < -0.3 is 29.8 Å². The largest absolute Gasteiger partial charge is 0.509 e. The fraction of sp³-hybridized carbons (Fsp3) is 0.583. The summed E-state index contributed by atoms with van der Waals surface area (Å²) in [6.07, 6.45) is 19.3. The smallest absolute Gasteiger partial charge is 0.429 e. The summed E-state index contributed by atoms with van der Waals surface area (Å²) in [5.41, 5.74) is 4.88. The fourth-order valence-electron chi connectivity index (χ4n) is 5.90. The zero-order valence-electron chi connectivity index (χ0n) is 28.3. The van der Waals surface area contributed by atoms with E-state index in [0.717, 1.165) is 19.3 Å². The molecule has 49 heavy (non-hydrogen) atoms. The van der Waals surface area contributed by atoms with Crippen molar-refractivity contribution in [2.45, 2.75) is 128 Å². The third-order valence-electron chi connectivity index (χ3n) is 8.73. The van der Waals surface area contributed by atoms with Crippen molar-refractivity contribution in [1.29, 1.82) is 0 Å². The molecule has 3 aromatic rings. The topological polar surface area (TPSA) is 161 Å². The van der Waals surface area contributed by atoms with E-state index in [1.54, 1.807) is 24.3 Å². The van der Waals surface area contributed by atoms with Crippen molar-refractivity contribution in [2.75, 3.05) is 12.3 Å². The molecule has 0 spiro atoms. The van der Waals surface area contributed by atoms with Gasteiger partial charge in [0.05, 0.1) is 12.9 Å². The highest BCUT2D eigenvalue weighted by Gasteiger charge is 2.51. The quantitative estimate of drug-likeness (QED) is 0.0418. The van der Waals surface area contributed by atoms with Crippen molar-refractivity contribution in [2.24, 2.45) is 0 Å². The molecule has 1 saturated heterocycles. The van der Waals surface area contributed by atoms with Crippen LogP contribution in [-0.4, -0.2) is 55.1 Å². The van der Waals surface area contributed by atoms with Crippen LogP contribution in [0.5, 0.6) is 5.75 Å². The molecule has 0 saturated carbocycles. The molecule has 0 bridgehead atoms. The second kappa shape index (κ2) is 19.0. The fourth-order valence-corrected chi connectivity index (χ4v) is 5.90. The minimum absolute atomic E-state index is 0.0176. The third-order valence-corrected chi connectivity index (χ3v) is 8.73. The number of nitrogens with zero attached hydrogens (tertiary/aromatic N) is 4. The monoisotopic (exact) mass is 681 g/mol. The number of rotatable bonds is 20. The number of esters is 1. The molecular weight excluding hydrogens is 633 g/mol. The number of unbranched alkanes of at least 4 members (excludes halogenated alkanes) is 12. The summed E-state index contributed by atoms with van der Waals surface area (Å²) in [6, 6.07) is 6.61. The van der Waals surface area contributed by atoms with Crippen LogP contribution in [0.3, 0.4) is 0 Å². The van der Waals surface area contributed by atoms with Gasteiger partial charge in [0.25, 0.3) is 0 Å². The number of carbonyl (C=O) groups is 2. The molecule has 0 unspecified atom stereocenters. The average Bonchev–Trinajstić information content (AvgIpc) is 3.68. The Morgan fingerprint density at radius 3 is 2.29 bits per heavy atom. The van der Waals surface area contributed by atoms with Gasteiger partial charge in [0.2, 0.25) is 0 Å². The van der Waals surface area contributed by atoms with Gasteiger partial charge in [-0.05, 0) is 24.1 Å². The van der Waals surface area contributed by atoms with E-state index in [4.69, 9.17) is 31.1 Å². The highest BCUT2D eigenvalue weighted by molar-refractivity contribution is 5.81. The molecule has 12 nitrogen and oxygen atoms in total. The van der Waals surface area contributed by atoms with Crippen LogP contribution in [0.4, 0.5) is 15.0 Å². The van der Waals surface area contributed by atoms with Gasteiger partial charge in [-0.3, -0.25) is 9.36 Å². The second-order valence-electron chi connectivity index (χ2n) is 12.5. The average molecular weight is 682 g/mol. The molecule has 1 aromatic carbocycles. The zero-order valence-corrected chi connectivity index (χ0v) is 28.3. The Labute approximate surface area is 286 Å². The number of halogens is 1. The van der Waals surface area contributed by atoms with Crippen LogP contribution in [0.1, 0.15) is 115 Å². The Morgan fingerprint density at radius 2 is 1.67 bits per heavy atom. The Hall–Kier alpha value is -4.28. The van der Waals surface area contributed by atoms with Gasteiger partial charge in [0.15, 0.2) is 28.7 Å². The van der Waals surface area contributed by atoms with E-state index in [1.165, 1.54) is 75.1 Å². The van der Waals surface area contributed by atoms with Crippen molar-refractivity contribution < 1.29 is 38.0 Å². The Kier molecular flexibility index (Phi) is 14.6. The van der Waals surface area contributed by atoms with Crippen LogP contribution in [0.25, 0.3) is 11.2 Å². The lowest BCUT2D eigenvalue weighted by Gasteiger charge is -2.26. The Balaban J connectivity index is 1.14. The number of fused-ring (bicyclic) bond motifs is 1. The minimum Gasteiger partial charge on any atom is -0.429 e. The maximum absolute atomic E-state index is 13.9. The molecule has 3 N–H and O–H groups in total. The molecule has 3 atom stereocenters. The van der Waals surface area contributed by atoms with Gasteiger partial charge in [-0.25, -0.2) is 9.78 Å². The number of benzene rings is 1. The molecule has 1 aliphatic rings. The standard InChI is InChI=1S/C36H48FN5O7/c1-3-5-6-7-8-9-10-11-12-13-14-15-16-17-30(44)47-27-20-18-26(19-21-27)23-46-35(45)48-28-22-29(49-36(28,4-2)24-43)42-25-39-31-32(38)40-34(37)41-33(31)42/h2,18-21,25,28-29,43H,3,5-17,22-24H2,1H3,(H2,38,40,41)/t28-,29+,36+/m0/s1. The number of aromatic nitrogens is 4. The van der Waals surface area contributed by atoms with E-state index >= 15 is 0 Å². The summed E-state index contributed by atoms with van der Waals surface area (Å²) in [6.45, 7) is 1.44. The number of aliphatic hydroxyl groups is 1. The Morgan fingerprint density at radius 1 is 1.04 bits per heavy atom. The number of hydrogen-bond donors (Lipinski definition) is 2. The Bertz CT molecular complexity index is 1540. The van der Waals surface area contributed by atoms with Crippen LogP contribution < -0.4 is 10.5 Å². The van der Waals surface area contributed by atoms with E-state index in [-0.39, 0.29) is 36.0 Å². The van der Waals surface area contributed by atoms with Gasteiger partial charge >= 0.3 is 18.2 Å². The van der Waals surface area contributed by atoms with Crippen LogP contribution in [0.2, 0.25) is 0 Å². The molecule has 4 rings (SSSR count). The van der Waals surface area contributed by atoms with E-state index in [1.807, 2.05) is 0 Å². The van der Waals surface area contributed by atoms with Crippen molar-refractivity contribution in [1.82, 2.24) is 19.5 Å². The lowest BCUT2D eigenvalue weighted by molar-refractivity contribution is -0.134. The predicted octanol–water partition coefficient (Wildman–Crippen LogP) is 6.94. The summed E-state index contributed by atoms with van der Waals surface area (Å²) < 4.78 is 37.3. The number of terminal acetylenes is 1. The molecule has 3 heterocycles. The molecule has 266 valence electrons. The minimum atomic E-state index is -1.70. The number of aliphatic hydroxyl groups excluding tert-OH is 1. The molecule has 13 heteroatoms. The number of imidazole rings is 1. The lowest BCUT2D eigenvalue weighted by Crippen LogP contribution is -2.44. The van der Waals surface area contributed by atoms with Crippen LogP contribution in [0.15, 0.2) is 30.6 Å². The number of anilines is 1. The van der Waals surface area contributed by atoms with Gasteiger partial charge in [-0.15, -0.1) is 6.42 Å². The van der Waals surface area contributed by atoms with Crippen molar-refractivity contribution in [3.8, 4) is 18.1 Å². The summed E-state index contributed by atoms with van der Waals surface area (Å²) in [7, 11) is 0. The predicted molar refractivity (Wildman–Crippen MR) is 181 cm³/mol. The van der Waals surface area contributed by atoms with Crippen LogP contribution in [0, 0.1) is 18.4 Å². The molecule has 0 radical (unpaired) electrons. The van der Waals surface area contributed by atoms with E-state index in [9.17, 15) is 19.1 Å². The van der Waals surface area contributed by atoms with Gasteiger partial charge in [-0.1, -0.05) is 102 Å². The number of nitrogens with two attached hydrogens (primary N) is 1. The maximum Gasteiger partial charge on any atom is 0.509 e. The first-order valence-electron chi connectivity index (χ1n) is 17.3. The van der Waals surface area contributed by atoms with E-state index < -0.39 is 36.8 Å². The van der Waals surface area contributed by atoms with Crippen LogP contribution in [-0.2, 0) is 25.6 Å². The summed E-state index contributed by atoms with van der Waals surface area (Å²) in [5.74, 6) is 2.33. The summed E-state index contributed by atoms with van der Waals surface area (Å²) >= 11 is 0. The molecule has 1 fully saturated rings. The molecule has 0 amide bonds. The highest BCUT2D eigenvalue weighted by atomic mass is 19.1. The van der Waals surface area contributed by atoms with Crippen LogP contribution >= 0.6 is 0 Å². The molecule has 1 aliphatic heterocycles. The van der Waals surface area contributed by atoms with Gasteiger partial charge in [0, 0.05) is 12.8 Å². The van der Waals surface area contributed by atoms with E-state index in [2.05, 4.69) is 27.8 Å². The number of nitrogen functional groups attached to an aromatic ring is 1. The van der Waals surface area contributed by atoms with Gasteiger partial charge in [0.1, 0.15) is 18.6 Å². The first-order chi connectivity index (χ1) is 23.8. The van der Waals surface area contributed by atoms with Crippen molar-refractivity contribution >= 4 is 29.1 Å². The zero-order chi connectivity index (χ0) is 35.1. The third kappa shape index (κ3) is 10.9. The number of carbonyl (C=O) groups excluding carboxylic acids is 2. The molecule has 0 aliphatic carbocycles. The summed E-state index contributed by atoms with van der Waals surface area (Å²) in [4.78, 5) is 36.2. The lowest BCUT2D eigenvalue weighted by atomic mass is 9.99. The van der Waals surface area contributed by atoms with Gasteiger partial charge in [-0.2, -0.15) is 14.4 Å². The first-order valence-corrected chi connectivity index (χ1v) is 17.3. The highest BCUT2D eigenvalue weighted by Crippen LogP contribution is 2.40. The number of ether oxygens (including phenoxy) is 4. The number of hydrogen-bond acceptors (Lipinski definition) is 11. The van der Waals surface area contributed by atoms with E-state index in [0.29, 0.717) is 17.7 Å². The first kappa shape index (κ1) is 37.5. The van der Waals surface area contributed by atoms with Crippen molar-refractivity contribution in [3.05, 3.63) is 42.2 Å². The summed E-state index contributed by atoms with van der Waals surface area (Å²) in [5, 5.41) is 10.1. The molecular formula is C36H48FN5O7. The SMILES string of the molecule is C#C[C@]1(CO)O[C@@H](n2cnc3c(N)nc(F)nc32)C[C@@H]1OC(=O)OCc1ccc(OC(=O)CCCCCCCCCCCCCCC)cc1. The van der Waals surface area contributed by atoms with Crippen molar-refractivity contribution in [3.63, 3.8) is 0 Å². The second-order valence-corrected chi connectivity index (χ2v) is 12.5. The maximum atomic E-state index is 13.9. The normalized spacial score (nSPS) is 18.7. The molecule has 2 aromatic heterocycles.